The van der Waals surface area contributed by atoms with Crippen molar-refractivity contribution in [2.75, 3.05) is 6.54 Å². The van der Waals surface area contributed by atoms with Crippen LogP contribution in [0.15, 0.2) is 61.2 Å². The predicted molar refractivity (Wildman–Crippen MR) is 110 cm³/mol. The van der Waals surface area contributed by atoms with Crippen LogP contribution in [0.4, 0.5) is 0 Å². The first-order valence-corrected chi connectivity index (χ1v) is 10.2. The number of thiazole rings is 1. The molecule has 1 amide bonds. The van der Waals surface area contributed by atoms with Crippen LogP contribution in [0.3, 0.4) is 0 Å². The number of carbonyl (C=O) groups is 1. The van der Waals surface area contributed by atoms with Crippen molar-refractivity contribution in [2.45, 2.75) is 12.5 Å². The van der Waals surface area contributed by atoms with E-state index in [1.807, 2.05) is 47.5 Å². The molecule has 0 bridgehead atoms. The van der Waals surface area contributed by atoms with Crippen molar-refractivity contribution in [3.8, 4) is 0 Å². The van der Waals surface area contributed by atoms with Gasteiger partial charge in [-0.2, -0.15) is 5.10 Å². The van der Waals surface area contributed by atoms with Gasteiger partial charge in [-0.15, -0.1) is 11.3 Å². The summed E-state index contributed by atoms with van der Waals surface area (Å²) in [5, 5.41) is 5.16. The van der Waals surface area contributed by atoms with Crippen LogP contribution in [0, 0.1) is 0 Å². The minimum Gasteiger partial charge on any atom is -0.348 e. The molecule has 5 heterocycles. The maximum atomic E-state index is 13.6. The fourth-order valence-corrected chi connectivity index (χ4v) is 5.12. The molecule has 6 rings (SSSR count). The summed E-state index contributed by atoms with van der Waals surface area (Å²) in [6.45, 7) is 0.603. The normalized spacial score (nSPS) is 16.4. The fraction of sp³-hybridized carbons (Fsp3) is 0.143. The summed E-state index contributed by atoms with van der Waals surface area (Å²) in [6, 6.07) is 13.3. The Labute approximate surface area is 169 Å². The van der Waals surface area contributed by atoms with E-state index in [4.69, 9.17) is 4.98 Å². The van der Waals surface area contributed by atoms with Gasteiger partial charge in [-0.1, -0.05) is 12.1 Å². The van der Waals surface area contributed by atoms with Gasteiger partial charge < -0.3 is 9.88 Å². The summed E-state index contributed by atoms with van der Waals surface area (Å²) in [6.07, 6.45) is 5.98. The number of imidazole rings is 1. The Morgan fingerprint density at radius 3 is 3.03 bits per heavy atom. The number of H-pyrrole nitrogens is 1. The van der Waals surface area contributed by atoms with Crippen LogP contribution in [-0.4, -0.2) is 41.9 Å². The Hall–Kier alpha value is -3.52. The minimum absolute atomic E-state index is 0.0293. The number of nitrogens with one attached hydrogen (secondary N) is 1. The van der Waals surface area contributed by atoms with Crippen LogP contribution in [0.25, 0.3) is 15.7 Å². The van der Waals surface area contributed by atoms with E-state index in [-0.39, 0.29) is 11.9 Å². The zero-order chi connectivity index (χ0) is 19.4. The van der Waals surface area contributed by atoms with Gasteiger partial charge in [0.1, 0.15) is 11.0 Å². The van der Waals surface area contributed by atoms with E-state index in [0.29, 0.717) is 12.1 Å². The van der Waals surface area contributed by atoms with Crippen LogP contribution in [0.5, 0.6) is 0 Å². The molecule has 1 N–H and O–H groups in total. The van der Waals surface area contributed by atoms with Gasteiger partial charge in [0, 0.05) is 31.1 Å². The molecule has 4 aromatic heterocycles. The Bertz CT molecular complexity index is 1330. The molecule has 0 radical (unpaired) electrons. The summed E-state index contributed by atoms with van der Waals surface area (Å²) in [7, 11) is 0. The summed E-state index contributed by atoms with van der Waals surface area (Å²) in [4.78, 5) is 28.2. The lowest BCUT2D eigenvalue weighted by Crippen LogP contribution is -2.40. The number of para-hydroxylation sites is 1. The highest BCUT2D eigenvalue weighted by molar-refractivity contribution is 7.18. The SMILES string of the molecule is O=C(c1ccn2ncccc12)N1CCc2[nH]cnc2[C@H]1c1nc2ccccc2s1. The Morgan fingerprint density at radius 1 is 1.17 bits per heavy atom. The highest BCUT2D eigenvalue weighted by atomic mass is 32.1. The average molecular weight is 400 g/mol. The quantitative estimate of drug-likeness (QED) is 0.492. The van der Waals surface area contributed by atoms with Crippen molar-refractivity contribution in [3.05, 3.63) is 83.1 Å². The summed E-state index contributed by atoms with van der Waals surface area (Å²) >= 11 is 1.62. The van der Waals surface area contributed by atoms with Crippen LogP contribution >= 0.6 is 11.3 Å². The fourth-order valence-electron chi connectivity index (χ4n) is 4.03. The Kier molecular flexibility index (Phi) is 3.54. The van der Waals surface area contributed by atoms with Gasteiger partial charge in [-0.05, 0) is 30.3 Å². The van der Waals surface area contributed by atoms with Gasteiger partial charge in [0.25, 0.3) is 5.91 Å². The maximum Gasteiger partial charge on any atom is 0.257 e. The molecule has 1 aliphatic heterocycles. The Morgan fingerprint density at radius 2 is 2.10 bits per heavy atom. The molecule has 1 atom stereocenters. The number of rotatable bonds is 2. The lowest BCUT2D eigenvalue weighted by atomic mass is 10.0. The number of fused-ring (bicyclic) bond motifs is 3. The number of hydrogen-bond acceptors (Lipinski definition) is 5. The second kappa shape index (κ2) is 6.25. The largest absolute Gasteiger partial charge is 0.348 e. The number of nitrogens with zero attached hydrogens (tertiary/aromatic N) is 5. The second-order valence-electron chi connectivity index (χ2n) is 7.02. The molecule has 7 nitrogen and oxygen atoms in total. The third-order valence-electron chi connectivity index (χ3n) is 5.40. The summed E-state index contributed by atoms with van der Waals surface area (Å²) in [5.74, 6) is -0.0293. The van der Waals surface area contributed by atoms with Crippen LogP contribution < -0.4 is 0 Å². The van der Waals surface area contributed by atoms with E-state index in [1.165, 1.54) is 0 Å². The van der Waals surface area contributed by atoms with Crippen molar-refractivity contribution in [1.82, 2.24) is 29.5 Å². The lowest BCUT2D eigenvalue weighted by molar-refractivity contribution is 0.0692. The smallest absolute Gasteiger partial charge is 0.257 e. The van der Waals surface area contributed by atoms with Gasteiger partial charge in [-0.3, -0.25) is 4.79 Å². The standard InChI is InChI=1S/C21H16N6OS/c28-21(13-7-11-27-16(13)5-3-9-24-27)26-10-8-15-18(23-12-22-15)19(26)20-25-14-4-1-2-6-17(14)29-20/h1-7,9,11-12,19H,8,10H2,(H,22,23)/t19-/m0/s1. The molecule has 0 aliphatic carbocycles. The topological polar surface area (TPSA) is 79.2 Å². The molecule has 1 aromatic carbocycles. The van der Waals surface area contributed by atoms with Crippen molar-refractivity contribution < 1.29 is 4.79 Å². The minimum atomic E-state index is -0.304. The molecule has 0 fully saturated rings. The van der Waals surface area contributed by atoms with Crippen molar-refractivity contribution in [2.24, 2.45) is 0 Å². The molecule has 0 spiro atoms. The molecule has 0 unspecified atom stereocenters. The van der Waals surface area contributed by atoms with Gasteiger partial charge in [0.15, 0.2) is 0 Å². The first-order valence-electron chi connectivity index (χ1n) is 9.40. The number of carbonyl (C=O) groups excluding carboxylic acids is 1. The molecular formula is C21H16N6OS. The maximum absolute atomic E-state index is 13.6. The van der Waals surface area contributed by atoms with Crippen LogP contribution in [0.1, 0.15) is 32.8 Å². The second-order valence-corrected chi connectivity index (χ2v) is 8.08. The van der Waals surface area contributed by atoms with E-state index in [9.17, 15) is 4.79 Å². The number of aromatic amines is 1. The highest BCUT2D eigenvalue weighted by Crippen LogP contribution is 2.38. The summed E-state index contributed by atoms with van der Waals surface area (Å²) < 4.78 is 2.83. The van der Waals surface area contributed by atoms with Gasteiger partial charge in [-0.25, -0.2) is 14.5 Å². The molecule has 5 aromatic rings. The monoisotopic (exact) mass is 400 g/mol. The molecule has 0 saturated heterocycles. The zero-order valence-electron chi connectivity index (χ0n) is 15.3. The lowest BCUT2D eigenvalue weighted by Gasteiger charge is -2.33. The molecule has 8 heteroatoms. The molecule has 142 valence electrons. The first kappa shape index (κ1) is 16.4. The summed E-state index contributed by atoms with van der Waals surface area (Å²) in [5.41, 5.74) is 4.34. The number of amides is 1. The average Bonchev–Trinajstić information content (AvgIpc) is 3.49. The van der Waals surface area contributed by atoms with Crippen molar-refractivity contribution in [3.63, 3.8) is 0 Å². The predicted octanol–water partition coefficient (Wildman–Crippen LogP) is 3.46. The first-order chi connectivity index (χ1) is 14.3. The van der Waals surface area contributed by atoms with E-state index < -0.39 is 0 Å². The van der Waals surface area contributed by atoms with Crippen molar-refractivity contribution >= 4 is 33.0 Å². The molecular weight excluding hydrogens is 384 g/mol. The van der Waals surface area contributed by atoms with E-state index in [0.717, 1.165) is 38.5 Å². The zero-order valence-corrected chi connectivity index (χ0v) is 16.1. The number of benzene rings is 1. The third kappa shape index (κ3) is 2.49. The van der Waals surface area contributed by atoms with Gasteiger partial charge >= 0.3 is 0 Å². The van der Waals surface area contributed by atoms with Crippen LogP contribution in [-0.2, 0) is 6.42 Å². The van der Waals surface area contributed by atoms with Gasteiger partial charge in [0.2, 0.25) is 0 Å². The van der Waals surface area contributed by atoms with E-state index in [1.54, 1.807) is 28.4 Å². The number of hydrogen-bond donors (Lipinski definition) is 1. The van der Waals surface area contributed by atoms with E-state index >= 15 is 0 Å². The molecule has 0 saturated carbocycles. The van der Waals surface area contributed by atoms with E-state index in [2.05, 4.69) is 21.1 Å². The number of aromatic nitrogens is 5. The Balaban J connectivity index is 1.49. The third-order valence-corrected chi connectivity index (χ3v) is 6.49. The van der Waals surface area contributed by atoms with Gasteiger partial charge in [0.05, 0.1) is 33.3 Å². The molecule has 1 aliphatic rings. The van der Waals surface area contributed by atoms with Crippen molar-refractivity contribution in [1.29, 1.82) is 0 Å². The highest BCUT2D eigenvalue weighted by Gasteiger charge is 2.37. The molecule has 29 heavy (non-hydrogen) atoms. The van der Waals surface area contributed by atoms with Crippen LogP contribution in [0.2, 0.25) is 0 Å².